The van der Waals surface area contributed by atoms with Crippen molar-refractivity contribution in [1.29, 1.82) is 0 Å². The molecule has 0 unspecified atom stereocenters. The molecule has 1 aromatic rings. The van der Waals surface area contributed by atoms with Gasteiger partial charge in [0.25, 0.3) is 5.69 Å². The molecule has 3 nitrogen and oxygen atoms in total. The Morgan fingerprint density at radius 3 is 2.20 bits per heavy atom. The minimum Gasteiger partial charge on any atom is -0.258 e. The highest BCUT2D eigenvalue weighted by Crippen LogP contribution is 2.43. The average molecular weight is 260 g/mol. The molecule has 0 aliphatic rings. The number of nitrogens with zero attached hydrogens (tertiary/aromatic N) is 1. The van der Waals surface area contributed by atoms with Gasteiger partial charge < -0.3 is 0 Å². The highest BCUT2D eigenvalue weighted by Gasteiger charge is 2.41. The SMILES string of the molecule is O=[N+]([O-])c1ccc(Cl)c(Cl)c1C(F)(F)F. The van der Waals surface area contributed by atoms with Crippen LogP contribution in [0.25, 0.3) is 0 Å². The molecule has 1 aromatic carbocycles. The van der Waals surface area contributed by atoms with Crippen LogP contribution in [0.3, 0.4) is 0 Å². The fourth-order valence-corrected chi connectivity index (χ4v) is 1.39. The van der Waals surface area contributed by atoms with Crippen LogP contribution in [-0.4, -0.2) is 4.92 Å². The first-order chi connectivity index (χ1) is 6.75. The first-order valence-corrected chi connectivity index (χ1v) is 4.20. The summed E-state index contributed by atoms with van der Waals surface area (Å²) in [6.45, 7) is 0. The van der Waals surface area contributed by atoms with Crippen molar-refractivity contribution in [3.8, 4) is 0 Å². The second-order valence-electron chi connectivity index (χ2n) is 2.51. The molecule has 0 aromatic heterocycles. The lowest BCUT2D eigenvalue weighted by Gasteiger charge is -2.09. The number of benzene rings is 1. The normalized spacial score (nSPS) is 11.5. The van der Waals surface area contributed by atoms with E-state index in [9.17, 15) is 23.3 Å². The van der Waals surface area contributed by atoms with Gasteiger partial charge in [-0.1, -0.05) is 23.2 Å². The van der Waals surface area contributed by atoms with Crippen molar-refractivity contribution in [3.05, 3.63) is 37.9 Å². The van der Waals surface area contributed by atoms with E-state index in [4.69, 9.17) is 23.2 Å². The summed E-state index contributed by atoms with van der Waals surface area (Å²) in [5.74, 6) is 0. The van der Waals surface area contributed by atoms with Crippen LogP contribution in [0.1, 0.15) is 5.56 Å². The lowest BCUT2D eigenvalue weighted by Crippen LogP contribution is -2.10. The standard InChI is InChI=1S/C7H2Cl2F3NO2/c8-3-1-2-4(13(14)15)5(6(3)9)7(10,11)12/h1-2H. The molecule has 8 heteroatoms. The third-order valence-electron chi connectivity index (χ3n) is 1.55. The number of nitro benzene ring substituents is 1. The zero-order valence-electron chi connectivity index (χ0n) is 6.81. The quantitative estimate of drug-likeness (QED) is 0.567. The van der Waals surface area contributed by atoms with Gasteiger partial charge in [-0.3, -0.25) is 10.1 Å². The Hall–Kier alpha value is -1.01. The molecule has 0 spiro atoms. The maximum absolute atomic E-state index is 12.4. The van der Waals surface area contributed by atoms with Gasteiger partial charge in [0, 0.05) is 6.07 Å². The first-order valence-electron chi connectivity index (χ1n) is 3.44. The Kier molecular flexibility index (Phi) is 3.11. The van der Waals surface area contributed by atoms with Crippen LogP contribution in [0.2, 0.25) is 10.0 Å². The fourth-order valence-electron chi connectivity index (χ4n) is 0.962. The molecule has 0 saturated carbocycles. The van der Waals surface area contributed by atoms with E-state index in [0.29, 0.717) is 6.07 Å². The van der Waals surface area contributed by atoms with Crippen LogP contribution >= 0.6 is 23.2 Å². The molecule has 0 radical (unpaired) electrons. The van der Waals surface area contributed by atoms with Crippen molar-refractivity contribution in [2.24, 2.45) is 0 Å². The Balaban J connectivity index is 3.57. The van der Waals surface area contributed by atoms with Crippen LogP contribution in [0.4, 0.5) is 18.9 Å². The lowest BCUT2D eigenvalue weighted by atomic mass is 10.1. The zero-order chi connectivity index (χ0) is 11.8. The van der Waals surface area contributed by atoms with Crippen molar-refractivity contribution < 1.29 is 18.1 Å². The van der Waals surface area contributed by atoms with Crippen molar-refractivity contribution in [2.75, 3.05) is 0 Å². The topological polar surface area (TPSA) is 43.1 Å². The Labute approximate surface area is 91.6 Å². The average Bonchev–Trinajstić information content (AvgIpc) is 2.06. The van der Waals surface area contributed by atoms with Crippen LogP contribution < -0.4 is 0 Å². The molecule has 0 saturated heterocycles. The Morgan fingerprint density at radius 2 is 1.80 bits per heavy atom. The van der Waals surface area contributed by atoms with E-state index in [0.717, 1.165) is 6.07 Å². The van der Waals surface area contributed by atoms with E-state index >= 15 is 0 Å². The number of hydrogen-bond donors (Lipinski definition) is 0. The molecule has 0 N–H and O–H groups in total. The largest absolute Gasteiger partial charge is 0.424 e. The summed E-state index contributed by atoms with van der Waals surface area (Å²) in [6, 6.07) is 1.61. The predicted octanol–water partition coefficient (Wildman–Crippen LogP) is 3.92. The van der Waals surface area contributed by atoms with Gasteiger partial charge in [0.1, 0.15) is 0 Å². The van der Waals surface area contributed by atoms with Gasteiger partial charge in [0.2, 0.25) is 0 Å². The summed E-state index contributed by atoms with van der Waals surface area (Å²) in [5.41, 5.74) is -2.64. The molecule has 15 heavy (non-hydrogen) atoms. The van der Waals surface area contributed by atoms with Gasteiger partial charge in [-0.2, -0.15) is 13.2 Å². The second-order valence-corrected chi connectivity index (χ2v) is 3.30. The van der Waals surface area contributed by atoms with Crippen LogP contribution in [0.5, 0.6) is 0 Å². The second kappa shape index (κ2) is 3.86. The molecule has 0 fully saturated rings. The highest BCUT2D eigenvalue weighted by atomic mass is 35.5. The van der Waals surface area contributed by atoms with Crippen LogP contribution in [-0.2, 0) is 6.18 Å². The fraction of sp³-hybridized carbons (Fsp3) is 0.143. The van der Waals surface area contributed by atoms with Crippen molar-refractivity contribution in [1.82, 2.24) is 0 Å². The van der Waals surface area contributed by atoms with Crippen molar-refractivity contribution in [3.63, 3.8) is 0 Å². The molecule has 82 valence electrons. The number of halogens is 5. The van der Waals surface area contributed by atoms with E-state index in [2.05, 4.69) is 0 Å². The van der Waals surface area contributed by atoms with Crippen LogP contribution in [0, 0.1) is 10.1 Å². The van der Waals surface area contributed by atoms with Crippen molar-refractivity contribution in [2.45, 2.75) is 6.18 Å². The van der Waals surface area contributed by atoms with Gasteiger partial charge >= 0.3 is 6.18 Å². The summed E-state index contributed by atoms with van der Waals surface area (Å²) in [7, 11) is 0. The van der Waals surface area contributed by atoms with Crippen LogP contribution in [0.15, 0.2) is 12.1 Å². The molecule has 0 atom stereocenters. The first kappa shape index (κ1) is 12.1. The van der Waals surface area contributed by atoms with E-state index < -0.39 is 27.4 Å². The van der Waals surface area contributed by atoms with Gasteiger partial charge in [-0.25, -0.2) is 0 Å². The summed E-state index contributed by atoms with van der Waals surface area (Å²) in [4.78, 5) is 9.17. The molecule has 0 heterocycles. The van der Waals surface area contributed by atoms with E-state index in [-0.39, 0.29) is 5.02 Å². The molecule has 0 aliphatic carbocycles. The smallest absolute Gasteiger partial charge is 0.258 e. The van der Waals surface area contributed by atoms with E-state index in [1.54, 1.807) is 0 Å². The maximum Gasteiger partial charge on any atom is 0.424 e. The zero-order valence-corrected chi connectivity index (χ0v) is 8.32. The minimum atomic E-state index is -4.91. The molecule has 1 rings (SSSR count). The Morgan fingerprint density at radius 1 is 1.27 bits per heavy atom. The monoisotopic (exact) mass is 259 g/mol. The predicted molar refractivity (Wildman–Crippen MR) is 48.1 cm³/mol. The van der Waals surface area contributed by atoms with Gasteiger partial charge in [-0.05, 0) is 6.07 Å². The summed E-state index contributed by atoms with van der Waals surface area (Å²) in [6.07, 6.45) is -4.91. The molecule has 0 aliphatic heterocycles. The number of alkyl halides is 3. The minimum absolute atomic E-state index is 0.380. The number of nitro groups is 1. The summed E-state index contributed by atoms with van der Waals surface area (Å²) in [5, 5.41) is 9.09. The Bertz CT molecular complexity index is 419. The van der Waals surface area contributed by atoms with Crippen molar-refractivity contribution >= 4 is 28.9 Å². The van der Waals surface area contributed by atoms with E-state index in [1.165, 1.54) is 0 Å². The molecular formula is C7H2Cl2F3NO2. The molecule has 0 amide bonds. The third kappa shape index (κ3) is 2.32. The van der Waals surface area contributed by atoms with Gasteiger partial charge in [0.15, 0.2) is 5.56 Å². The van der Waals surface area contributed by atoms with Gasteiger partial charge in [-0.15, -0.1) is 0 Å². The lowest BCUT2D eigenvalue weighted by molar-refractivity contribution is -0.388. The molecule has 0 bridgehead atoms. The highest BCUT2D eigenvalue weighted by molar-refractivity contribution is 6.42. The van der Waals surface area contributed by atoms with E-state index in [1.807, 2.05) is 0 Å². The molecular weight excluding hydrogens is 258 g/mol. The summed E-state index contributed by atoms with van der Waals surface area (Å²) < 4.78 is 37.2. The summed E-state index contributed by atoms with van der Waals surface area (Å²) >= 11 is 10.6. The number of rotatable bonds is 1. The third-order valence-corrected chi connectivity index (χ3v) is 2.36. The number of hydrogen-bond acceptors (Lipinski definition) is 2. The van der Waals surface area contributed by atoms with Gasteiger partial charge in [0.05, 0.1) is 15.0 Å². The maximum atomic E-state index is 12.4.